The van der Waals surface area contributed by atoms with Crippen molar-refractivity contribution in [1.29, 1.82) is 0 Å². The number of carbonyl (C=O) groups excluding carboxylic acids is 2. The summed E-state index contributed by atoms with van der Waals surface area (Å²) in [6.07, 6.45) is 1.25. The highest BCUT2D eigenvalue weighted by molar-refractivity contribution is 6.06. The van der Waals surface area contributed by atoms with E-state index in [4.69, 9.17) is 4.74 Å². The fraction of sp³-hybridized carbons (Fsp3) is 0.417. The molecule has 1 unspecified atom stereocenters. The van der Waals surface area contributed by atoms with Gasteiger partial charge in [-0.2, -0.15) is 0 Å². The molecule has 2 atom stereocenters. The smallest absolute Gasteiger partial charge is 0.256 e. The van der Waals surface area contributed by atoms with E-state index in [0.29, 0.717) is 13.2 Å². The Kier molecular flexibility index (Phi) is 4.95. The van der Waals surface area contributed by atoms with Crippen LogP contribution in [0.2, 0.25) is 0 Å². The van der Waals surface area contributed by atoms with Crippen LogP contribution in [0.15, 0.2) is 36.4 Å². The summed E-state index contributed by atoms with van der Waals surface area (Å²) in [7, 11) is 2.01. The van der Waals surface area contributed by atoms with E-state index in [2.05, 4.69) is 23.6 Å². The molecule has 2 amide bonds. The Morgan fingerprint density at radius 3 is 2.74 bits per heavy atom. The van der Waals surface area contributed by atoms with Gasteiger partial charge in [-0.15, -0.1) is 0 Å². The summed E-state index contributed by atoms with van der Waals surface area (Å²) < 4.78 is 5.70. The van der Waals surface area contributed by atoms with Crippen LogP contribution in [0.5, 0.6) is 0 Å². The maximum absolute atomic E-state index is 13.4. The molecule has 3 heterocycles. The van der Waals surface area contributed by atoms with Crippen LogP contribution in [0.1, 0.15) is 32.3 Å². The summed E-state index contributed by atoms with van der Waals surface area (Å²) in [5, 5.41) is 2.04. The van der Waals surface area contributed by atoms with Gasteiger partial charge in [0.25, 0.3) is 5.91 Å². The first-order chi connectivity index (χ1) is 15.0. The number of carbonyl (C=O) groups is 2. The van der Waals surface area contributed by atoms with Crippen LogP contribution in [0, 0.1) is 0 Å². The lowest BCUT2D eigenvalue weighted by atomic mass is 9.97. The summed E-state index contributed by atoms with van der Waals surface area (Å²) >= 11 is 0. The second-order valence-electron chi connectivity index (χ2n) is 8.60. The lowest BCUT2D eigenvalue weighted by molar-refractivity contribution is -0.127. The van der Waals surface area contributed by atoms with Crippen molar-refractivity contribution in [1.82, 2.24) is 5.43 Å². The number of ether oxygens (including phenoxy) is 1. The highest BCUT2D eigenvalue weighted by atomic mass is 16.5. The van der Waals surface area contributed by atoms with E-state index in [1.807, 2.05) is 42.1 Å². The summed E-state index contributed by atoms with van der Waals surface area (Å²) in [5.41, 5.74) is 9.41. The Hall–Kier alpha value is -2.90. The van der Waals surface area contributed by atoms with Gasteiger partial charge in [0.15, 0.2) is 0 Å². The van der Waals surface area contributed by atoms with Crippen LogP contribution in [-0.2, 0) is 20.9 Å². The maximum atomic E-state index is 13.4. The molecule has 0 aromatic heterocycles. The van der Waals surface area contributed by atoms with Crippen LogP contribution in [0.25, 0.3) is 11.1 Å². The molecule has 1 N–H and O–H groups in total. The maximum Gasteiger partial charge on any atom is 0.256 e. The molecule has 3 aliphatic rings. The van der Waals surface area contributed by atoms with E-state index in [9.17, 15) is 9.59 Å². The number of fused-ring (bicyclic) bond motifs is 2. The fourth-order valence-corrected chi connectivity index (χ4v) is 5.07. The Balaban J connectivity index is 1.63. The predicted octanol–water partition coefficient (Wildman–Crippen LogP) is 3.08. The number of hydrogen-bond acceptors (Lipinski definition) is 5. The zero-order valence-electron chi connectivity index (χ0n) is 18.2. The van der Waals surface area contributed by atoms with Crippen LogP contribution in [0.3, 0.4) is 0 Å². The average molecular weight is 421 g/mol. The largest absolute Gasteiger partial charge is 0.368 e. The third-order valence-corrected chi connectivity index (χ3v) is 6.50. The first-order valence-corrected chi connectivity index (χ1v) is 10.9. The van der Waals surface area contributed by atoms with Crippen LogP contribution in [-0.4, -0.2) is 44.2 Å². The number of benzene rings is 2. The number of hydrazine groups is 1. The van der Waals surface area contributed by atoms with Crippen LogP contribution in [0.4, 0.5) is 17.1 Å². The number of nitrogens with zero attached hydrogens (tertiary/aromatic N) is 3. The molecule has 0 aliphatic carbocycles. The Morgan fingerprint density at radius 1 is 1.16 bits per heavy atom. The molecule has 2 aromatic carbocycles. The SMILES string of the molecule is CC(=O)N1c2ccc(-c3cccc4c3N(C)NC4)cc2N(C(=O)C2CCCO2)C[C@@H]1C. The van der Waals surface area contributed by atoms with Crippen LogP contribution >= 0.6 is 0 Å². The average Bonchev–Trinajstić information content (AvgIpc) is 3.42. The third kappa shape index (κ3) is 3.28. The monoisotopic (exact) mass is 420 g/mol. The molecule has 2 aromatic rings. The Morgan fingerprint density at radius 2 is 2.00 bits per heavy atom. The lowest BCUT2D eigenvalue weighted by Gasteiger charge is -2.41. The minimum atomic E-state index is -0.399. The van der Waals surface area contributed by atoms with Gasteiger partial charge in [-0.25, -0.2) is 5.43 Å². The second-order valence-corrected chi connectivity index (χ2v) is 8.60. The minimum absolute atomic E-state index is 0.0111. The fourth-order valence-electron chi connectivity index (χ4n) is 5.07. The summed E-state index contributed by atoms with van der Waals surface area (Å²) in [6, 6.07) is 12.3. The van der Waals surface area contributed by atoms with Crippen LogP contribution < -0.4 is 20.2 Å². The Labute approximate surface area is 182 Å². The molecular formula is C24H28N4O3. The number of rotatable bonds is 2. The molecule has 0 spiro atoms. The first-order valence-electron chi connectivity index (χ1n) is 10.9. The van der Waals surface area contributed by atoms with Gasteiger partial charge in [0.1, 0.15) is 6.10 Å². The van der Waals surface area contributed by atoms with Gasteiger partial charge in [0.05, 0.1) is 23.1 Å². The predicted molar refractivity (Wildman–Crippen MR) is 121 cm³/mol. The molecule has 1 saturated heterocycles. The highest BCUT2D eigenvalue weighted by Crippen LogP contribution is 2.42. The van der Waals surface area contributed by atoms with Crippen molar-refractivity contribution >= 4 is 28.9 Å². The van der Waals surface area contributed by atoms with Gasteiger partial charge in [0.2, 0.25) is 5.91 Å². The van der Waals surface area contributed by atoms with Crippen molar-refractivity contribution in [3.63, 3.8) is 0 Å². The highest BCUT2D eigenvalue weighted by Gasteiger charge is 2.37. The quantitative estimate of drug-likeness (QED) is 0.809. The van der Waals surface area contributed by atoms with Gasteiger partial charge in [-0.1, -0.05) is 24.3 Å². The molecule has 0 bridgehead atoms. The molecule has 162 valence electrons. The van der Waals surface area contributed by atoms with Gasteiger partial charge in [-0.05, 0) is 43.0 Å². The summed E-state index contributed by atoms with van der Waals surface area (Å²) in [5.74, 6) is -0.0294. The zero-order valence-corrected chi connectivity index (χ0v) is 18.2. The number of nitrogens with one attached hydrogen (secondary N) is 1. The molecule has 5 rings (SSSR count). The number of amides is 2. The molecule has 1 fully saturated rings. The zero-order chi connectivity index (χ0) is 21.7. The molecule has 7 nitrogen and oxygen atoms in total. The van der Waals surface area contributed by atoms with Crippen molar-refractivity contribution in [3.05, 3.63) is 42.0 Å². The first kappa shape index (κ1) is 20.0. The van der Waals surface area contributed by atoms with Crippen molar-refractivity contribution in [2.45, 2.75) is 45.4 Å². The minimum Gasteiger partial charge on any atom is -0.368 e. The van der Waals surface area contributed by atoms with Gasteiger partial charge < -0.3 is 19.5 Å². The van der Waals surface area contributed by atoms with E-state index in [1.165, 1.54) is 5.56 Å². The number of para-hydroxylation sites is 1. The third-order valence-electron chi connectivity index (χ3n) is 6.50. The van der Waals surface area contributed by atoms with E-state index >= 15 is 0 Å². The van der Waals surface area contributed by atoms with Gasteiger partial charge in [0, 0.05) is 39.2 Å². The summed E-state index contributed by atoms with van der Waals surface area (Å²) in [4.78, 5) is 29.4. The molecule has 3 aliphatic heterocycles. The van der Waals surface area contributed by atoms with E-state index < -0.39 is 6.10 Å². The molecule has 0 radical (unpaired) electrons. The van der Waals surface area contributed by atoms with Crippen molar-refractivity contribution in [3.8, 4) is 11.1 Å². The second kappa shape index (κ2) is 7.66. The number of anilines is 3. The Bertz CT molecular complexity index is 1050. The van der Waals surface area contributed by atoms with Gasteiger partial charge in [-0.3, -0.25) is 9.59 Å². The molecular weight excluding hydrogens is 392 g/mol. The molecule has 31 heavy (non-hydrogen) atoms. The lowest BCUT2D eigenvalue weighted by Crippen LogP contribution is -2.53. The topological polar surface area (TPSA) is 65.1 Å². The van der Waals surface area contributed by atoms with E-state index in [1.54, 1.807) is 11.8 Å². The van der Waals surface area contributed by atoms with Crippen molar-refractivity contribution < 1.29 is 14.3 Å². The van der Waals surface area contributed by atoms with Crippen molar-refractivity contribution in [2.24, 2.45) is 0 Å². The number of hydrogen-bond donors (Lipinski definition) is 1. The molecule has 7 heteroatoms. The normalized spacial score (nSPS) is 22.5. The van der Waals surface area contributed by atoms with E-state index in [-0.39, 0.29) is 17.9 Å². The van der Waals surface area contributed by atoms with E-state index in [0.717, 1.165) is 47.6 Å². The molecule has 0 saturated carbocycles. The van der Waals surface area contributed by atoms with Crippen molar-refractivity contribution in [2.75, 3.05) is 35.0 Å². The van der Waals surface area contributed by atoms with Gasteiger partial charge >= 0.3 is 0 Å². The standard InChI is InChI=1S/C24H28N4O3/c1-15-14-27(24(30)22-8-5-11-31-22)21-12-17(9-10-20(21)28(15)16(2)29)19-7-4-6-18-13-25-26(3)23(18)19/h4,6-7,9-10,12,15,22,25H,5,8,11,13-14H2,1-3H3/t15-,22?/m0/s1. The summed E-state index contributed by atoms with van der Waals surface area (Å²) in [6.45, 7) is 5.45.